The highest BCUT2D eigenvalue weighted by molar-refractivity contribution is 9.10. The Morgan fingerprint density at radius 1 is 1.33 bits per heavy atom. The van der Waals surface area contributed by atoms with Crippen LogP contribution in [0.4, 0.5) is 8.78 Å². The SMILES string of the molecule is C[C@@H](N[S+]([O-])C(C)(C)C)c1cc(F)cc(Br)c1F. The minimum absolute atomic E-state index is 0.0627. The first kappa shape index (κ1) is 15.9. The smallest absolute Gasteiger partial charge is 0.142 e. The summed E-state index contributed by atoms with van der Waals surface area (Å²) in [6, 6.07) is 1.63. The Bertz CT molecular complexity index is 437. The molecule has 1 rings (SSSR count). The fraction of sp³-hybridized carbons (Fsp3) is 0.500. The number of hydrogen-bond donors (Lipinski definition) is 1. The van der Waals surface area contributed by atoms with Gasteiger partial charge in [0, 0.05) is 16.9 Å². The van der Waals surface area contributed by atoms with Crippen molar-refractivity contribution in [1.82, 2.24) is 4.72 Å². The van der Waals surface area contributed by atoms with Gasteiger partial charge in [-0.3, -0.25) is 0 Å². The van der Waals surface area contributed by atoms with Crippen LogP contribution in [0.2, 0.25) is 0 Å². The summed E-state index contributed by atoms with van der Waals surface area (Å²) in [4.78, 5) is 0. The first-order valence-corrected chi connectivity index (χ1v) is 7.39. The Hall–Kier alpha value is -0.170. The Labute approximate surface area is 118 Å². The van der Waals surface area contributed by atoms with Gasteiger partial charge in [-0.05, 0) is 55.8 Å². The van der Waals surface area contributed by atoms with Gasteiger partial charge < -0.3 is 4.55 Å². The van der Waals surface area contributed by atoms with Crippen LogP contribution < -0.4 is 4.72 Å². The van der Waals surface area contributed by atoms with Crippen LogP contribution in [0.1, 0.15) is 39.3 Å². The molecule has 2 nitrogen and oxygen atoms in total. The van der Waals surface area contributed by atoms with E-state index in [0.717, 1.165) is 12.1 Å². The van der Waals surface area contributed by atoms with Crippen molar-refractivity contribution >= 4 is 27.3 Å². The first-order chi connectivity index (χ1) is 8.12. The van der Waals surface area contributed by atoms with E-state index in [4.69, 9.17) is 0 Å². The molecule has 1 N–H and O–H groups in total. The number of nitrogens with one attached hydrogen (secondary N) is 1. The molecule has 1 unspecified atom stereocenters. The van der Waals surface area contributed by atoms with Crippen molar-refractivity contribution in [2.45, 2.75) is 38.5 Å². The molecule has 2 atom stereocenters. The molecule has 0 spiro atoms. The molecule has 1 aromatic carbocycles. The molecule has 18 heavy (non-hydrogen) atoms. The van der Waals surface area contributed by atoms with Gasteiger partial charge in [0.1, 0.15) is 16.4 Å². The second kappa shape index (κ2) is 5.86. The summed E-state index contributed by atoms with van der Waals surface area (Å²) in [7, 11) is 0. The second-order valence-electron chi connectivity index (χ2n) is 5.01. The van der Waals surface area contributed by atoms with Gasteiger partial charge in [0.25, 0.3) is 0 Å². The molecule has 0 aromatic heterocycles. The number of hydrogen-bond acceptors (Lipinski definition) is 2. The number of halogens is 3. The molecule has 0 fully saturated rings. The quantitative estimate of drug-likeness (QED) is 0.670. The van der Waals surface area contributed by atoms with E-state index in [-0.39, 0.29) is 10.0 Å². The van der Waals surface area contributed by atoms with E-state index in [2.05, 4.69) is 20.7 Å². The summed E-state index contributed by atoms with van der Waals surface area (Å²) in [5.41, 5.74) is 0.152. The lowest BCUT2D eigenvalue weighted by atomic mass is 10.1. The molecule has 0 aliphatic heterocycles. The fourth-order valence-electron chi connectivity index (χ4n) is 1.29. The fourth-order valence-corrected chi connectivity index (χ4v) is 2.54. The summed E-state index contributed by atoms with van der Waals surface area (Å²) < 4.78 is 41.3. The van der Waals surface area contributed by atoms with E-state index < -0.39 is 33.8 Å². The maximum Gasteiger partial charge on any atom is 0.142 e. The van der Waals surface area contributed by atoms with Crippen molar-refractivity contribution in [2.24, 2.45) is 0 Å². The molecule has 0 radical (unpaired) electrons. The lowest BCUT2D eigenvalue weighted by Crippen LogP contribution is -2.40. The lowest BCUT2D eigenvalue weighted by molar-refractivity contribution is 0.517. The Morgan fingerprint density at radius 2 is 1.89 bits per heavy atom. The third kappa shape index (κ3) is 3.91. The van der Waals surface area contributed by atoms with E-state index in [0.29, 0.717) is 0 Å². The van der Waals surface area contributed by atoms with Gasteiger partial charge in [-0.25, -0.2) is 8.78 Å². The number of rotatable bonds is 3. The van der Waals surface area contributed by atoms with Crippen molar-refractivity contribution in [1.29, 1.82) is 0 Å². The topological polar surface area (TPSA) is 35.1 Å². The molecule has 0 heterocycles. The van der Waals surface area contributed by atoms with Gasteiger partial charge >= 0.3 is 0 Å². The van der Waals surface area contributed by atoms with Gasteiger partial charge in [0.2, 0.25) is 0 Å². The maximum absolute atomic E-state index is 13.8. The molecule has 0 aliphatic rings. The third-order valence-corrected chi connectivity index (χ3v) is 4.58. The van der Waals surface area contributed by atoms with Gasteiger partial charge in [-0.1, -0.05) is 0 Å². The summed E-state index contributed by atoms with van der Waals surface area (Å²) in [6.45, 7) is 7.07. The van der Waals surface area contributed by atoms with Crippen LogP contribution in [0.5, 0.6) is 0 Å². The summed E-state index contributed by atoms with van der Waals surface area (Å²) in [5.74, 6) is -1.07. The second-order valence-corrected chi connectivity index (χ2v) is 7.86. The van der Waals surface area contributed by atoms with Crippen molar-refractivity contribution in [3.8, 4) is 0 Å². The van der Waals surface area contributed by atoms with Crippen LogP contribution in [0.3, 0.4) is 0 Å². The van der Waals surface area contributed by atoms with Crippen LogP contribution >= 0.6 is 15.9 Å². The molecule has 102 valence electrons. The molecular weight excluding hydrogens is 324 g/mol. The Balaban J connectivity index is 2.95. The zero-order chi connectivity index (χ0) is 14.1. The zero-order valence-electron chi connectivity index (χ0n) is 10.7. The maximum atomic E-state index is 13.8. The minimum Gasteiger partial charge on any atom is -0.598 e. The average molecular weight is 340 g/mol. The van der Waals surface area contributed by atoms with Crippen LogP contribution in [0.25, 0.3) is 0 Å². The zero-order valence-corrected chi connectivity index (χ0v) is 13.1. The molecule has 0 aliphatic carbocycles. The standard InChI is InChI=1S/C12H16BrF2NOS/c1-7(16-18(17)12(2,3)4)9-5-8(14)6-10(13)11(9)15/h5-7,16H,1-4H3/t7-,18?/m1/s1. The molecule has 0 amide bonds. The van der Waals surface area contributed by atoms with E-state index >= 15 is 0 Å². The Kier molecular flexibility index (Phi) is 5.17. The van der Waals surface area contributed by atoms with Crippen LogP contribution in [0.15, 0.2) is 16.6 Å². The van der Waals surface area contributed by atoms with Crippen LogP contribution in [-0.2, 0) is 11.4 Å². The molecule has 0 saturated heterocycles. The monoisotopic (exact) mass is 339 g/mol. The predicted molar refractivity (Wildman–Crippen MR) is 73.5 cm³/mol. The molecule has 0 saturated carbocycles. The molecular formula is C12H16BrF2NOS. The summed E-state index contributed by atoms with van der Waals surface area (Å²) in [5, 5.41) is 0. The van der Waals surface area contributed by atoms with E-state index in [1.807, 2.05) is 0 Å². The van der Waals surface area contributed by atoms with Gasteiger partial charge in [0.05, 0.1) is 10.5 Å². The molecule has 6 heteroatoms. The average Bonchev–Trinajstić information content (AvgIpc) is 2.21. The van der Waals surface area contributed by atoms with E-state index in [9.17, 15) is 13.3 Å². The van der Waals surface area contributed by atoms with Crippen LogP contribution in [-0.4, -0.2) is 9.30 Å². The molecule has 1 aromatic rings. The van der Waals surface area contributed by atoms with Gasteiger partial charge in [-0.2, -0.15) is 0 Å². The normalized spacial score (nSPS) is 15.6. The highest BCUT2D eigenvalue weighted by Crippen LogP contribution is 2.27. The van der Waals surface area contributed by atoms with Gasteiger partial charge in [0.15, 0.2) is 0 Å². The summed E-state index contributed by atoms with van der Waals surface area (Å²) >= 11 is 1.61. The largest absolute Gasteiger partial charge is 0.598 e. The lowest BCUT2D eigenvalue weighted by Gasteiger charge is -2.26. The highest BCUT2D eigenvalue weighted by atomic mass is 79.9. The van der Waals surface area contributed by atoms with E-state index in [1.54, 1.807) is 27.7 Å². The summed E-state index contributed by atoms with van der Waals surface area (Å²) in [6.07, 6.45) is 0. The number of benzene rings is 1. The first-order valence-electron chi connectivity index (χ1n) is 5.45. The van der Waals surface area contributed by atoms with Crippen molar-refractivity contribution in [2.75, 3.05) is 0 Å². The van der Waals surface area contributed by atoms with Crippen LogP contribution in [0, 0.1) is 11.6 Å². The van der Waals surface area contributed by atoms with E-state index in [1.165, 1.54) is 0 Å². The minimum atomic E-state index is -1.34. The van der Waals surface area contributed by atoms with Crippen molar-refractivity contribution < 1.29 is 13.3 Å². The van der Waals surface area contributed by atoms with Crippen molar-refractivity contribution in [3.63, 3.8) is 0 Å². The predicted octanol–water partition coefficient (Wildman–Crippen LogP) is 3.84. The molecule has 0 bridgehead atoms. The Morgan fingerprint density at radius 3 is 2.39 bits per heavy atom. The highest BCUT2D eigenvalue weighted by Gasteiger charge is 2.29. The van der Waals surface area contributed by atoms with Gasteiger partial charge in [-0.15, -0.1) is 4.72 Å². The van der Waals surface area contributed by atoms with Crippen molar-refractivity contribution in [3.05, 3.63) is 33.8 Å². The third-order valence-electron chi connectivity index (χ3n) is 2.33.